The highest BCUT2D eigenvalue weighted by atomic mass is 32.1. The van der Waals surface area contributed by atoms with E-state index in [9.17, 15) is 9.59 Å². The molecule has 158 valence electrons. The van der Waals surface area contributed by atoms with Crippen LogP contribution in [0.5, 0.6) is 0 Å². The Labute approximate surface area is 180 Å². The normalized spacial score (nSPS) is 16.1. The lowest BCUT2D eigenvalue weighted by Crippen LogP contribution is -2.35. The second-order valence-corrected chi connectivity index (χ2v) is 9.53. The molecule has 0 bridgehead atoms. The second kappa shape index (κ2) is 8.70. The molecule has 6 nitrogen and oxygen atoms in total. The summed E-state index contributed by atoms with van der Waals surface area (Å²) in [5.41, 5.74) is 2.10. The van der Waals surface area contributed by atoms with Gasteiger partial charge in [0.15, 0.2) is 0 Å². The van der Waals surface area contributed by atoms with Gasteiger partial charge in [-0.1, -0.05) is 37.3 Å². The number of thiophene rings is 1. The van der Waals surface area contributed by atoms with Crippen LogP contribution in [-0.2, 0) is 37.3 Å². The average molecular weight is 425 g/mol. The van der Waals surface area contributed by atoms with E-state index in [1.165, 1.54) is 4.88 Å². The van der Waals surface area contributed by atoms with Gasteiger partial charge in [0.05, 0.1) is 11.9 Å². The number of nitrogens with zero attached hydrogens (tertiary/aromatic N) is 3. The first kappa shape index (κ1) is 20.8. The minimum absolute atomic E-state index is 0.0151. The second-order valence-electron chi connectivity index (χ2n) is 8.45. The van der Waals surface area contributed by atoms with Crippen LogP contribution in [0, 0.1) is 5.92 Å². The number of carbonyl (C=O) groups excluding carboxylic acids is 1. The van der Waals surface area contributed by atoms with Gasteiger partial charge < -0.3 is 10.2 Å². The van der Waals surface area contributed by atoms with Crippen LogP contribution in [0.4, 0.5) is 0 Å². The maximum absolute atomic E-state index is 13.5. The van der Waals surface area contributed by atoms with Crippen molar-refractivity contribution in [1.82, 2.24) is 19.8 Å². The zero-order valence-corrected chi connectivity index (χ0v) is 18.6. The lowest BCUT2D eigenvalue weighted by atomic mass is 9.89. The van der Waals surface area contributed by atoms with E-state index in [-0.39, 0.29) is 18.0 Å². The molecule has 1 atom stereocenters. The zero-order valence-electron chi connectivity index (χ0n) is 17.8. The van der Waals surface area contributed by atoms with Crippen LogP contribution in [0.25, 0.3) is 10.2 Å². The van der Waals surface area contributed by atoms with Gasteiger partial charge in [-0.3, -0.25) is 14.2 Å². The predicted molar refractivity (Wildman–Crippen MR) is 121 cm³/mol. The van der Waals surface area contributed by atoms with E-state index in [1.807, 2.05) is 49.3 Å². The third-order valence-electron chi connectivity index (χ3n) is 5.59. The van der Waals surface area contributed by atoms with Gasteiger partial charge in [0.25, 0.3) is 5.56 Å². The minimum Gasteiger partial charge on any atom is -0.350 e. The number of aromatic nitrogens is 2. The van der Waals surface area contributed by atoms with E-state index in [1.54, 1.807) is 15.9 Å². The molecule has 3 aromatic rings. The minimum atomic E-state index is -0.181. The molecule has 2 heterocycles. The molecule has 0 aliphatic heterocycles. The monoisotopic (exact) mass is 424 g/mol. The van der Waals surface area contributed by atoms with Crippen LogP contribution in [-0.4, -0.2) is 34.5 Å². The lowest BCUT2D eigenvalue weighted by Gasteiger charge is -2.18. The molecule has 1 aromatic carbocycles. The fourth-order valence-electron chi connectivity index (χ4n) is 4.03. The molecule has 0 spiro atoms. The Morgan fingerprint density at radius 1 is 1.30 bits per heavy atom. The Bertz CT molecular complexity index is 1120. The van der Waals surface area contributed by atoms with Crippen molar-refractivity contribution in [2.75, 3.05) is 14.1 Å². The van der Waals surface area contributed by atoms with Gasteiger partial charge in [0, 0.05) is 11.4 Å². The Morgan fingerprint density at radius 2 is 2.07 bits per heavy atom. The van der Waals surface area contributed by atoms with Crippen LogP contribution in [0.1, 0.15) is 35.2 Å². The standard InChI is InChI=1S/C23H28N4O2S/c1-15-9-10-17-18(11-15)30-22-21(17)23(29)27(19(25-22)13-26(2)3)14-20(28)24-12-16-7-5-4-6-8-16/h4-8,15H,9-14H2,1-3H3,(H,24,28). The van der Waals surface area contributed by atoms with Crippen LogP contribution >= 0.6 is 11.3 Å². The maximum atomic E-state index is 13.5. The molecule has 30 heavy (non-hydrogen) atoms. The molecule has 1 aliphatic carbocycles. The number of hydrogen-bond donors (Lipinski definition) is 1. The highest BCUT2D eigenvalue weighted by Gasteiger charge is 2.25. The van der Waals surface area contributed by atoms with Gasteiger partial charge in [0.2, 0.25) is 5.91 Å². The molecule has 0 saturated heterocycles. The first-order valence-electron chi connectivity index (χ1n) is 10.4. The molecule has 1 N–H and O–H groups in total. The topological polar surface area (TPSA) is 67.2 Å². The van der Waals surface area contributed by atoms with E-state index in [2.05, 4.69) is 12.2 Å². The first-order chi connectivity index (χ1) is 14.4. The Kier molecular flexibility index (Phi) is 6.01. The molecule has 1 amide bonds. The quantitative estimate of drug-likeness (QED) is 0.661. The lowest BCUT2D eigenvalue weighted by molar-refractivity contribution is -0.121. The smallest absolute Gasteiger partial charge is 0.263 e. The molecule has 4 rings (SSSR count). The number of nitrogens with one attached hydrogen (secondary N) is 1. The number of amides is 1. The fraction of sp³-hybridized carbons (Fsp3) is 0.435. The Morgan fingerprint density at radius 3 is 2.80 bits per heavy atom. The van der Waals surface area contributed by atoms with Gasteiger partial charge in [-0.25, -0.2) is 4.98 Å². The molecular formula is C23H28N4O2S. The maximum Gasteiger partial charge on any atom is 0.263 e. The average Bonchev–Trinajstić information content (AvgIpc) is 3.07. The van der Waals surface area contributed by atoms with Crippen molar-refractivity contribution < 1.29 is 4.79 Å². The number of aryl methyl sites for hydroxylation is 1. The summed E-state index contributed by atoms with van der Waals surface area (Å²) < 4.78 is 1.56. The van der Waals surface area contributed by atoms with Crippen LogP contribution in [0.2, 0.25) is 0 Å². The van der Waals surface area contributed by atoms with Crippen molar-refractivity contribution in [3.63, 3.8) is 0 Å². The molecule has 0 fully saturated rings. The van der Waals surface area contributed by atoms with E-state index in [4.69, 9.17) is 4.98 Å². The summed E-state index contributed by atoms with van der Waals surface area (Å²) in [4.78, 5) is 35.1. The molecular weight excluding hydrogens is 396 g/mol. The summed E-state index contributed by atoms with van der Waals surface area (Å²) in [6.07, 6.45) is 3.02. The fourth-order valence-corrected chi connectivity index (χ4v) is 5.42. The highest BCUT2D eigenvalue weighted by molar-refractivity contribution is 7.18. The van der Waals surface area contributed by atoms with Crippen LogP contribution in [0.15, 0.2) is 35.1 Å². The SMILES string of the molecule is CC1CCc2c(sc3nc(CN(C)C)n(CC(=O)NCc4ccccc4)c(=O)c23)C1. The number of rotatable bonds is 6. The summed E-state index contributed by atoms with van der Waals surface area (Å²) in [7, 11) is 3.88. The van der Waals surface area contributed by atoms with Gasteiger partial charge in [-0.2, -0.15) is 0 Å². The number of fused-ring (bicyclic) bond motifs is 3. The van der Waals surface area contributed by atoms with Crippen molar-refractivity contribution in [1.29, 1.82) is 0 Å². The van der Waals surface area contributed by atoms with Crippen molar-refractivity contribution in [3.05, 3.63) is 62.5 Å². The highest BCUT2D eigenvalue weighted by Crippen LogP contribution is 2.35. The van der Waals surface area contributed by atoms with Crippen LogP contribution < -0.4 is 10.9 Å². The molecule has 1 unspecified atom stereocenters. The number of hydrogen-bond acceptors (Lipinski definition) is 5. The first-order valence-corrected chi connectivity index (χ1v) is 11.2. The third kappa shape index (κ3) is 4.32. The van der Waals surface area contributed by atoms with Crippen molar-refractivity contribution >= 4 is 27.5 Å². The molecule has 0 saturated carbocycles. The Hall–Kier alpha value is -2.51. The van der Waals surface area contributed by atoms with Crippen molar-refractivity contribution in [2.24, 2.45) is 5.92 Å². The summed E-state index contributed by atoms with van der Waals surface area (Å²) in [6, 6.07) is 9.77. The molecule has 0 radical (unpaired) electrons. The third-order valence-corrected chi connectivity index (χ3v) is 6.73. The molecule has 2 aromatic heterocycles. The van der Waals surface area contributed by atoms with Gasteiger partial charge >= 0.3 is 0 Å². The predicted octanol–water partition coefficient (Wildman–Crippen LogP) is 2.96. The molecule has 7 heteroatoms. The van der Waals surface area contributed by atoms with Crippen molar-refractivity contribution in [3.8, 4) is 0 Å². The number of benzene rings is 1. The summed E-state index contributed by atoms with van der Waals surface area (Å²) >= 11 is 1.65. The van der Waals surface area contributed by atoms with E-state index in [0.29, 0.717) is 24.8 Å². The number of carbonyl (C=O) groups is 1. The van der Waals surface area contributed by atoms with Gasteiger partial charge in [-0.15, -0.1) is 11.3 Å². The van der Waals surface area contributed by atoms with Gasteiger partial charge in [0.1, 0.15) is 17.2 Å². The Balaban J connectivity index is 1.67. The summed E-state index contributed by atoms with van der Waals surface area (Å²) in [6.45, 7) is 3.20. The largest absolute Gasteiger partial charge is 0.350 e. The van der Waals surface area contributed by atoms with Gasteiger partial charge in [-0.05, 0) is 50.4 Å². The summed E-state index contributed by atoms with van der Waals surface area (Å²) in [5.74, 6) is 1.09. The van der Waals surface area contributed by atoms with Crippen molar-refractivity contribution in [2.45, 2.75) is 45.8 Å². The zero-order chi connectivity index (χ0) is 21.3. The van der Waals surface area contributed by atoms with E-state index < -0.39 is 0 Å². The summed E-state index contributed by atoms with van der Waals surface area (Å²) in [5, 5.41) is 3.65. The van der Waals surface area contributed by atoms with E-state index in [0.717, 1.165) is 40.6 Å². The van der Waals surface area contributed by atoms with E-state index >= 15 is 0 Å². The molecule has 1 aliphatic rings. The van der Waals surface area contributed by atoms with Crippen LogP contribution in [0.3, 0.4) is 0 Å².